The second kappa shape index (κ2) is 31.8. The highest BCUT2D eigenvalue weighted by molar-refractivity contribution is 5.44. The molecule has 100 heavy (non-hydrogen) atoms. The number of aromatic nitrogens is 6. The molecule has 18 heteroatoms. The second-order valence-corrected chi connectivity index (χ2v) is 41.5. The third-order valence-electron chi connectivity index (χ3n) is 23.3. The van der Waals surface area contributed by atoms with Crippen molar-refractivity contribution in [1.29, 1.82) is 0 Å². The fraction of sp³-hybridized carbons (Fsp3) is 0.927. The first-order valence-electron chi connectivity index (χ1n) is 40.7. The van der Waals surface area contributed by atoms with Gasteiger partial charge in [0, 0.05) is 149 Å². The molecule has 6 saturated heterocycles. The molecular formula is C82H156N18. The summed E-state index contributed by atoms with van der Waals surface area (Å²) in [5.74, 6) is 5.34. The number of rotatable bonds is 31. The van der Waals surface area contributed by atoms with E-state index >= 15 is 0 Å². The zero-order valence-electron chi connectivity index (χ0n) is 70.0. The highest BCUT2D eigenvalue weighted by Gasteiger charge is 2.47. The summed E-state index contributed by atoms with van der Waals surface area (Å²) in [6, 6.07) is 2.16. The summed E-state index contributed by atoms with van der Waals surface area (Å²) in [6.45, 7) is 67.7. The third-order valence-corrected chi connectivity index (χ3v) is 23.3. The van der Waals surface area contributed by atoms with Crippen molar-refractivity contribution in [2.45, 2.75) is 437 Å². The van der Waals surface area contributed by atoms with Gasteiger partial charge in [0.25, 0.3) is 0 Å². The predicted octanol–water partition coefficient (Wildman–Crippen LogP) is 14.7. The van der Waals surface area contributed by atoms with E-state index in [9.17, 15) is 0 Å². The van der Waals surface area contributed by atoms with E-state index in [0.717, 1.165) is 210 Å². The van der Waals surface area contributed by atoms with Gasteiger partial charge in [-0.25, -0.2) is 0 Å². The van der Waals surface area contributed by atoms with Crippen molar-refractivity contribution in [1.82, 2.24) is 71.6 Å². The highest BCUT2D eigenvalue weighted by Crippen LogP contribution is 2.41. The number of nitrogens with zero attached hydrogens (tertiary/aromatic N) is 12. The van der Waals surface area contributed by atoms with Gasteiger partial charge in [-0.1, -0.05) is 46.0 Å². The number of hydrogen-bond acceptors (Lipinski definition) is 18. The normalized spacial score (nSPS) is 24.9. The molecule has 0 aromatic carbocycles. The van der Waals surface area contributed by atoms with Crippen LogP contribution in [0.3, 0.4) is 0 Å². The Balaban J connectivity index is 1.05. The van der Waals surface area contributed by atoms with Crippen LogP contribution in [0.2, 0.25) is 0 Å². The smallest absolute Gasteiger partial charge is 0.230 e. The van der Waals surface area contributed by atoms with Crippen molar-refractivity contribution < 1.29 is 0 Å². The molecule has 18 nitrogen and oxygen atoms in total. The van der Waals surface area contributed by atoms with Gasteiger partial charge in [-0.05, 0) is 295 Å². The van der Waals surface area contributed by atoms with E-state index < -0.39 is 0 Å². The van der Waals surface area contributed by atoms with Gasteiger partial charge in [0.15, 0.2) is 0 Å². The van der Waals surface area contributed by atoms with Crippen LogP contribution in [0.4, 0.5) is 23.8 Å². The largest absolute Gasteiger partial charge is 0.341 e. The first-order valence-corrected chi connectivity index (χ1v) is 40.7. The van der Waals surface area contributed by atoms with Gasteiger partial charge >= 0.3 is 0 Å². The lowest BCUT2D eigenvalue weighted by atomic mass is 9.79. The Morgan fingerprint density at radius 1 is 0.270 bits per heavy atom. The van der Waals surface area contributed by atoms with E-state index in [1.54, 1.807) is 0 Å². The average Bonchev–Trinajstić information content (AvgIpc) is 0.783. The van der Waals surface area contributed by atoms with Gasteiger partial charge in [0.2, 0.25) is 23.8 Å². The van der Waals surface area contributed by atoms with Crippen LogP contribution in [-0.4, -0.2) is 196 Å². The molecule has 6 N–H and O–H groups in total. The molecule has 0 amide bonds. The molecule has 0 saturated carbocycles. The van der Waals surface area contributed by atoms with E-state index in [4.69, 9.17) is 29.9 Å². The monoisotopic (exact) mass is 1390 g/mol. The number of unbranched alkanes of at least 4 members (excludes halogenated alkanes) is 6. The molecule has 8 rings (SSSR count). The minimum atomic E-state index is -0.0406. The Kier molecular flexibility index (Phi) is 26.2. The minimum absolute atomic E-state index is 0.0126. The molecule has 0 aliphatic carbocycles. The van der Waals surface area contributed by atoms with Crippen LogP contribution < -0.4 is 51.5 Å². The van der Waals surface area contributed by atoms with Crippen molar-refractivity contribution in [2.75, 3.05) is 73.0 Å². The lowest BCUT2D eigenvalue weighted by molar-refractivity contribution is 0.0651. The fourth-order valence-corrected chi connectivity index (χ4v) is 21.3. The SMILES string of the molecule is CCCCN(c1nc(CCN(CCCCCCCN(c2nc(CCCN(C)C3CC(C)(C)NC(C)(C)C3)nc(N(C)C3CC(C)(C)NC(C)(C)C3)n2)C2CC(C)(C)NC(C)(C)C2)C2CC(C)(C)NC(C)(C)C2)nc(N(CCCC)C2CC(C)(C)NC(C)(C)C2)n1)C1CC(C)(C)NC(C)(C)C1. The molecule has 0 atom stereocenters. The minimum Gasteiger partial charge on any atom is -0.341 e. The molecular weight excluding hydrogens is 1240 g/mol. The fourth-order valence-electron chi connectivity index (χ4n) is 21.3. The summed E-state index contributed by atoms with van der Waals surface area (Å²) >= 11 is 0. The molecule has 0 bridgehead atoms. The van der Waals surface area contributed by atoms with Crippen molar-refractivity contribution in [3.05, 3.63) is 11.6 Å². The van der Waals surface area contributed by atoms with Crippen LogP contribution in [-0.2, 0) is 12.8 Å². The molecule has 6 fully saturated rings. The van der Waals surface area contributed by atoms with E-state index in [-0.39, 0.29) is 72.5 Å². The summed E-state index contributed by atoms with van der Waals surface area (Å²) in [4.78, 5) is 49.6. The Hall–Kier alpha value is -3.10. The lowest BCUT2D eigenvalue weighted by Gasteiger charge is -2.50. The van der Waals surface area contributed by atoms with Crippen molar-refractivity contribution >= 4 is 23.8 Å². The van der Waals surface area contributed by atoms with Gasteiger partial charge in [0.1, 0.15) is 11.6 Å². The van der Waals surface area contributed by atoms with Crippen molar-refractivity contribution in [3.63, 3.8) is 0 Å². The maximum atomic E-state index is 5.71. The van der Waals surface area contributed by atoms with Gasteiger partial charge < -0.3 is 56.4 Å². The predicted molar refractivity (Wildman–Crippen MR) is 425 cm³/mol. The first kappa shape index (κ1) is 82.6. The topological polar surface area (TPSA) is 169 Å². The lowest BCUT2D eigenvalue weighted by Crippen LogP contribution is -2.63. The molecule has 0 spiro atoms. The Bertz CT molecular complexity index is 2760. The number of piperidine rings is 6. The van der Waals surface area contributed by atoms with E-state index in [1.165, 1.54) is 19.3 Å². The molecule has 0 unspecified atom stereocenters. The summed E-state index contributed by atoms with van der Waals surface area (Å²) in [6.07, 6.45) is 25.6. The molecule has 0 radical (unpaired) electrons. The molecule has 2 aromatic heterocycles. The average molecular weight is 1390 g/mol. The van der Waals surface area contributed by atoms with Crippen LogP contribution >= 0.6 is 0 Å². The van der Waals surface area contributed by atoms with Crippen molar-refractivity contribution in [2.24, 2.45) is 0 Å². The van der Waals surface area contributed by atoms with Crippen molar-refractivity contribution in [3.8, 4) is 0 Å². The zero-order chi connectivity index (χ0) is 74.1. The number of anilines is 4. The van der Waals surface area contributed by atoms with Crippen LogP contribution in [0.25, 0.3) is 0 Å². The number of nitrogens with one attached hydrogen (secondary N) is 6. The van der Waals surface area contributed by atoms with E-state index in [1.807, 2.05) is 0 Å². The van der Waals surface area contributed by atoms with Crippen LogP contribution in [0, 0.1) is 0 Å². The number of hydrogen-bond donors (Lipinski definition) is 6. The molecule has 6 aliphatic heterocycles. The zero-order valence-corrected chi connectivity index (χ0v) is 70.0. The van der Waals surface area contributed by atoms with Crippen LogP contribution in [0.5, 0.6) is 0 Å². The first-order chi connectivity index (χ1) is 46.0. The molecule has 574 valence electrons. The van der Waals surface area contributed by atoms with Gasteiger partial charge in [-0.15, -0.1) is 0 Å². The standard InChI is InChI=1S/C82H156N18/c1-29-31-43-98(62-53-77(15,16)92-78(17,18)54-62)69-85-66(86-70(88-69)99(44-32-30-2)63-55-79(19,20)93-80(21,22)56-63)40-46-97(61-51-75(11,12)91-76(13,14)52-61)42-36-34-33-35-37-45-100(64-57-81(23,24)94-82(25,26)58-64)68-84-65(39-38-41-95(27)59-47-71(3,4)89-72(5,6)48-59)83-67(87-68)96(28)60-49-73(7,8)90-74(9,10)50-60/h59-64,89-94H,29-58H2,1-28H3. The summed E-state index contributed by atoms with van der Waals surface area (Å²) in [7, 11) is 4.60. The summed E-state index contributed by atoms with van der Waals surface area (Å²) in [5.41, 5.74) is 0.0628. The Morgan fingerprint density at radius 3 is 0.890 bits per heavy atom. The quantitative estimate of drug-likeness (QED) is 0.0394. The summed E-state index contributed by atoms with van der Waals surface area (Å²) in [5, 5.41) is 23.9. The van der Waals surface area contributed by atoms with Crippen LogP contribution in [0.15, 0.2) is 0 Å². The maximum absolute atomic E-state index is 5.71. The summed E-state index contributed by atoms with van der Waals surface area (Å²) < 4.78 is 0. The molecule has 6 aliphatic rings. The Labute approximate surface area is 613 Å². The van der Waals surface area contributed by atoms with E-state index in [2.05, 4.69) is 255 Å². The second-order valence-electron chi connectivity index (χ2n) is 41.5. The highest BCUT2D eigenvalue weighted by atomic mass is 15.4. The number of aryl methyl sites for hydroxylation is 1. The van der Waals surface area contributed by atoms with Crippen LogP contribution in [0.1, 0.15) is 333 Å². The van der Waals surface area contributed by atoms with Gasteiger partial charge in [-0.3, -0.25) is 4.90 Å². The van der Waals surface area contributed by atoms with Gasteiger partial charge in [-0.2, -0.15) is 29.9 Å². The van der Waals surface area contributed by atoms with E-state index in [0.29, 0.717) is 30.2 Å². The van der Waals surface area contributed by atoms with Gasteiger partial charge in [0.05, 0.1) is 0 Å². The Morgan fingerprint density at radius 2 is 0.540 bits per heavy atom. The molecule has 2 aromatic rings. The molecule has 8 heterocycles. The maximum Gasteiger partial charge on any atom is 0.230 e. The third kappa shape index (κ3) is 24.2.